The molecule has 0 N–H and O–H groups in total. The van der Waals surface area contributed by atoms with Gasteiger partial charge in [0.15, 0.2) is 0 Å². The molecule has 0 heterocycles. The Morgan fingerprint density at radius 1 is 1.15 bits per heavy atom. The molecule has 0 aliphatic heterocycles. The summed E-state index contributed by atoms with van der Waals surface area (Å²) >= 11 is 0. The first kappa shape index (κ1) is 12.1. The van der Waals surface area contributed by atoms with Crippen molar-refractivity contribution in [2.24, 2.45) is 0 Å². The van der Waals surface area contributed by atoms with Crippen molar-refractivity contribution in [1.82, 2.24) is 4.90 Å². The second-order valence-electron chi connectivity index (χ2n) is 3.17. The van der Waals surface area contributed by atoms with Crippen LogP contribution in [0.4, 0.5) is 0 Å². The molecule has 0 unspecified atom stereocenters. The molecule has 13 heavy (non-hydrogen) atoms. The summed E-state index contributed by atoms with van der Waals surface area (Å²) < 4.78 is 0. The van der Waals surface area contributed by atoms with E-state index in [4.69, 9.17) is 0 Å². The highest BCUT2D eigenvalue weighted by Crippen LogP contribution is 2.02. The predicted molar refractivity (Wildman–Crippen MR) is 52.2 cm³/mol. The summed E-state index contributed by atoms with van der Waals surface area (Å²) in [7, 11) is 0. The van der Waals surface area contributed by atoms with Crippen LogP contribution in [-0.4, -0.2) is 23.3 Å². The maximum absolute atomic E-state index is 11.4. The van der Waals surface area contributed by atoms with Crippen LogP contribution in [-0.2, 0) is 9.59 Å². The van der Waals surface area contributed by atoms with Gasteiger partial charge in [-0.3, -0.25) is 14.5 Å². The van der Waals surface area contributed by atoms with Gasteiger partial charge in [-0.05, 0) is 12.8 Å². The maximum Gasteiger partial charge on any atom is 0.229 e. The van der Waals surface area contributed by atoms with E-state index in [0.29, 0.717) is 13.0 Å². The predicted octanol–water partition coefficient (Wildman–Crippen LogP) is 1.96. The molecular formula is C10H19NO2. The van der Waals surface area contributed by atoms with Gasteiger partial charge in [-0.1, -0.05) is 20.3 Å². The van der Waals surface area contributed by atoms with Gasteiger partial charge in [0.1, 0.15) is 0 Å². The van der Waals surface area contributed by atoms with Crippen molar-refractivity contribution in [3.05, 3.63) is 0 Å². The third kappa shape index (κ3) is 4.65. The number of unbranched alkanes of at least 4 members (excludes halogenated alkanes) is 1. The van der Waals surface area contributed by atoms with E-state index in [2.05, 4.69) is 0 Å². The van der Waals surface area contributed by atoms with E-state index in [-0.39, 0.29) is 11.8 Å². The van der Waals surface area contributed by atoms with Crippen LogP contribution in [0.3, 0.4) is 0 Å². The molecule has 0 aliphatic rings. The molecule has 3 heteroatoms. The Balaban J connectivity index is 4.03. The molecule has 0 rings (SSSR count). The smallest absolute Gasteiger partial charge is 0.229 e. The quantitative estimate of drug-likeness (QED) is 0.656. The van der Waals surface area contributed by atoms with E-state index in [1.54, 1.807) is 0 Å². The molecule has 3 nitrogen and oxygen atoms in total. The summed E-state index contributed by atoms with van der Waals surface area (Å²) in [6.07, 6.45) is 3.18. The zero-order valence-electron chi connectivity index (χ0n) is 8.80. The molecule has 0 bridgehead atoms. The Morgan fingerprint density at radius 3 is 2.15 bits per heavy atom. The fourth-order valence-corrected chi connectivity index (χ4v) is 1.14. The van der Waals surface area contributed by atoms with Crippen LogP contribution >= 0.6 is 0 Å². The fourth-order valence-electron chi connectivity index (χ4n) is 1.14. The summed E-state index contributed by atoms with van der Waals surface area (Å²) in [6.45, 7) is 5.99. The van der Waals surface area contributed by atoms with Crippen LogP contribution in [0, 0.1) is 0 Å². The molecule has 0 spiro atoms. The molecule has 0 saturated heterocycles. The van der Waals surface area contributed by atoms with E-state index in [9.17, 15) is 9.59 Å². The molecule has 0 aromatic carbocycles. The van der Waals surface area contributed by atoms with Gasteiger partial charge in [-0.2, -0.15) is 0 Å². The minimum atomic E-state index is -0.136. The molecule has 0 atom stereocenters. The van der Waals surface area contributed by atoms with Crippen LogP contribution in [0.5, 0.6) is 0 Å². The van der Waals surface area contributed by atoms with Gasteiger partial charge in [-0.15, -0.1) is 0 Å². The number of hydrogen-bond acceptors (Lipinski definition) is 2. The highest BCUT2D eigenvalue weighted by atomic mass is 16.2. The summed E-state index contributed by atoms with van der Waals surface area (Å²) in [5.41, 5.74) is 0. The number of carbonyl (C=O) groups excluding carboxylic acids is 2. The first-order valence-corrected chi connectivity index (χ1v) is 4.94. The number of amides is 2. The molecule has 0 aromatic heterocycles. The molecule has 0 aliphatic carbocycles. The lowest BCUT2D eigenvalue weighted by atomic mass is 10.2. The zero-order valence-corrected chi connectivity index (χ0v) is 8.80. The van der Waals surface area contributed by atoms with Gasteiger partial charge in [-0.25, -0.2) is 0 Å². The minimum absolute atomic E-state index is 0.0313. The molecule has 0 saturated carbocycles. The average molecular weight is 185 g/mol. The highest BCUT2D eigenvalue weighted by molar-refractivity contribution is 5.94. The Kier molecular flexibility index (Phi) is 6.20. The second kappa shape index (κ2) is 6.63. The number of rotatable bonds is 5. The molecule has 0 aromatic rings. The summed E-state index contributed by atoms with van der Waals surface area (Å²) in [4.78, 5) is 23.8. The number of imide groups is 1. The highest BCUT2D eigenvalue weighted by Gasteiger charge is 2.15. The Morgan fingerprint density at radius 2 is 1.77 bits per heavy atom. The van der Waals surface area contributed by atoms with Crippen molar-refractivity contribution in [2.75, 3.05) is 6.54 Å². The monoisotopic (exact) mass is 185 g/mol. The lowest BCUT2D eigenvalue weighted by Gasteiger charge is -2.17. The Labute approximate surface area is 80.1 Å². The van der Waals surface area contributed by atoms with Gasteiger partial charge in [0.05, 0.1) is 0 Å². The zero-order chi connectivity index (χ0) is 10.3. The Bertz CT molecular complexity index is 178. The maximum atomic E-state index is 11.4. The van der Waals surface area contributed by atoms with E-state index >= 15 is 0 Å². The van der Waals surface area contributed by atoms with Crippen molar-refractivity contribution in [2.45, 2.75) is 46.5 Å². The molecule has 0 fully saturated rings. The van der Waals surface area contributed by atoms with E-state index in [1.807, 2.05) is 13.8 Å². The van der Waals surface area contributed by atoms with Gasteiger partial charge < -0.3 is 0 Å². The van der Waals surface area contributed by atoms with Crippen molar-refractivity contribution in [3.8, 4) is 0 Å². The number of carbonyl (C=O) groups is 2. The van der Waals surface area contributed by atoms with Crippen molar-refractivity contribution in [3.63, 3.8) is 0 Å². The summed E-state index contributed by atoms with van der Waals surface area (Å²) in [5, 5.41) is 0. The van der Waals surface area contributed by atoms with Crippen LogP contribution < -0.4 is 0 Å². The summed E-state index contributed by atoms with van der Waals surface area (Å²) in [5.74, 6) is -0.167. The van der Waals surface area contributed by atoms with E-state index in [1.165, 1.54) is 11.8 Å². The molecule has 76 valence electrons. The molecule has 2 amide bonds. The fraction of sp³-hybridized carbons (Fsp3) is 0.800. The van der Waals surface area contributed by atoms with E-state index in [0.717, 1.165) is 19.3 Å². The topological polar surface area (TPSA) is 37.4 Å². The average Bonchev–Trinajstić information content (AvgIpc) is 2.09. The largest absolute Gasteiger partial charge is 0.283 e. The van der Waals surface area contributed by atoms with Crippen LogP contribution in [0.1, 0.15) is 46.5 Å². The van der Waals surface area contributed by atoms with Gasteiger partial charge in [0, 0.05) is 19.9 Å². The Hall–Kier alpha value is -0.860. The van der Waals surface area contributed by atoms with Crippen molar-refractivity contribution < 1.29 is 9.59 Å². The normalized spacial score (nSPS) is 9.77. The lowest BCUT2D eigenvalue weighted by Crippen LogP contribution is -2.35. The molecular weight excluding hydrogens is 166 g/mol. The van der Waals surface area contributed by atoms with Crippen LogP contribution in [0.2, 0.25) is 0 Å². The van der Waals surface area contributed by atoms with Crippen LogP contribution in [0.25, 0.3) is 0 Å². The van der Waals surface area contributed by atoms with Crippen LogP contribution in [0.15, 0.2) is 0 Å². The van der Waals surface area contributed by atoms with Gasteiger partial charge >= 0.3 is 0 Å². The first-order valence-electron chi connectivity index (χ1n) is 4.94. The minimum Gasteiger partial charge on any atom is -0.283 e. The van der Waals surface area contributed by atoms with Gasteiger partial charge in [0.25, 0.3) is 0 Å². The van der Waals surface area contributed by atoms with Gasteiger partial charge in [0.2, 0.25) is 11.8 Å². The SMILES string of the molecule is CCCCC(=O)N(CCC)C(C)=O. The molecule has 0 radical (unpaired) electrons. The number of nitrogens with zero attached hydrogens (tertiary/aromatic N) is 1. The van der Waals surface area contributed by atoms with Crippen molar-refractivity contribution >= 4 is 11.8 Å². The standard InChI is InChI=1S/C10H19NO2/c1-4-6-7-10(13)11(8-5-2)9(3)12/h4-8H2,1-3H3. The lowest BCUT2D eigenvalue weighted by molar-refractivity contribution is -0.143. The van der Waals surface area contributed by atoms with Crippen molar-refractivity contribution in [1.29, 1.82) is 0 Å². The third-order valence-corrected chi connectivity index (χ3v) is 1.87. The third-order valence-electron chi connectivity index (χ3n) is 1.87. The second-order valence-corrected chi connectivity index (χ2v) is 3.17. The number of hydrogen-bond donors (Lipinski definition) is 0. The van der Waals surface area contributed by atoms with E-state index < -0.39 is 0 Å². The summed E-state index contributed by atoms with van der Waals surface area (Å²) in [6, 6.07) is 0. The first-order chi connectivity index (χ1) is 6.13.